The zero-order valence-corrected chi connectivity index (χ0v) is 15.7. The molecule has 3 aromatic carbocycles. The highest BCUT2D eigenvalue weighted by molar-refractivity contribution is 7.89. The molecule has 0 bridgehead atoms. The number of halogens is 2. The van der Waals surface area contributed by atoms with Crippen LogP contribution in [-0.4, -0.2) is 19.8 Å². The van der Waals surface area contributed by atoms with Crippen LogP contribution in [0.15, 0.2) is 77.7 Å². The lowest BCUT2D eigenvalue weighted by Gasteiger charge is -2.29. The van der Waals surface area contributed by atoms with Gasteiger partial charge in [-0.15, -0.1) is 0 Å². The minimum Gasteiger partial charge on any atom is -0.207 e. The molecule has 0 aliphatic heterocycles. The lowest BCUT2D eigenvalue weighted by molar-refractivity contribution is 0.416. The van der Waals surface area contributed by atoms with Gasteiger partial charge >= 0.3 is 0 Å². The molecule has 0 aliphatic rings. The highest BCUT2D eigenvalue weighted by Gasteiger charge is 2.31. The van der Waals surface area contributed by atoms with Gasteiger partial charge in [0.2, 0.25) is 10.0 Å². The second kappa shape index (κ2) is 7.58. The summed E-state index contributed by atoms with van der Waals surface area (Å²) in [6.45, 7) is 1.44. The Morgan fingerprint density at radius 1 is 0.815 bits per heavy atom. The molecule has 0 fully saturated rings. The molecule has 0 N–H and O–H groups in total. The first-order valence-corrected chi connectivity index (χ1v) is 9.80. The van der Waals surface area contributed by atoms with Gasteiger partial charge in [-0.3, -0.25) is 0 Å². The summed E-state index contributed by atoms with van der Waals surface area (Å²) in [5.74, 6) is -0.987. The average Bonchev–Trinajstić information content (AvgIpc) is 2.66. The molecule has 6 heteroatoms. The van der Waals surface area contributed by atoms with E-state index in [0.29, 0.717) is 5.56 Å². The highest BCUT2D eigenvalue weighted by atomic mass is 32.2. The van der Waals surface area contributed by atoms with E-state index < -0.39 is 27.7 Å². The summed E-state index contributed by atoms with van der Waals surface area (Å²) in [6.07, 6.45) is 0. The Kier molecular flexibility index (Phi) is 5.39. The van der Waals surface area contributed by atoms with Crippen LogP contribution in [0, 0.1) is 18.6 Å². The third kappa shape index (κ3) is 3.77. The summed E-state index contributed by atoms with van der Waals surface area (Å²) in [7, 11) is -2.55. The predicted octanol–water partition coefficient (Wildman–Crippen LogP) is 4.68. The second-order valence-electron chi connectivity index (χ2n) is 6.25. The van der Waals surface area contributed by atoms with Gasteiger partial charge in [0.15, 0.2) is 0 Å². The van der Waals surface area contributed by atoms with Gasteiger partial charge in [0, 0.05) is 12.6 Å². The van der Waals surface area contributed by atoms with Crippen LogP contribution in [0.4, 0.5) is 8.78 Å². The number of benzene rings is 3. The first-order valence-electron chi connectivity index (χ1n) is 8.36. The summed E-state index contributed by atoms with van der Waals surface area (Å²) in [4.78, 5) is -0.0898. The third-order valence-electron chi connectivity index (χ3n) is 4.54. The van der Waals surface area contributed by atoms with Crippen LogP contribution in [0.5, 0.6) is 0 Å². The second-order valence-corrected chi connectivity index (χ2v) is 8.21. The molecule has 0 saturated heterocycles. The number of hydrogen-bond donors (Lipinski definition) is 0. The summed E-state index contributed by atoms with van der Waals surface area (Å²) in [6, 6.07) is 18.0. The fourth-order valence-corrected chi connectivity index (χ4v) is 4.62. The normalized spacial score (nSPS) is 12.9. The molecule has 3 aromatic rings. The van der Waals surface area contributed by atoms with Gasteiger partial charge in [-0.2, -0.15) is 4.31 Å². The van der Waals surface area contributed by atoms with E-state index in [1.807, 2.05) is 6.07 Å². The number of nitrogens with zero attached hydrogens (tertiary/aromatic N) is 1. The van der Waals surface area contributed by atoms with Crippen molar-refractivity contribution in [2.75, 3.05) is 7.05 Å². The van der Waals surface area contributed by atoms with Crippen molar-refractivity contribution in [2.24, 2.45) is 0 Å². The fraction of sp³-hybridized carbons (Fsp3) is 0.143. The zero-order valence-electron chi connectivity index (χ0n) is 14.9. The topological polar surface area (TPSA) is 37.4 Å². The summed E-state index contributed by atoms with van der Waals surface area (Å²) >= 11 is 0. The van der Waals surface area contributed by atoms with Crippen LogP contribution >= 0.6 is 0 Å². The van der Waals surface area contributed by atoms with Gasteiger partial charge < -0.3 is 0 Å². The van der Waals surface area contributed by atoms with Gasteiger partial charge in [0.1, 0.15) is 11.6 Å². The van der Waals surface area contributed by atoms with E-state index in [1.165, 1.54) is 48.6 Å². The predicted molar refractivity (Wildman–Crippen MR) is 101 cm³/mol. The molecule has 0 aliphatic carbocycles. The van der Waals surface area contributed by atoms with E-state index in [0.717, 1.165) is 5.56 Å². The van der Waals surface area contributed by atoms with E-state index in [-0.39, 0.29) is 10.5 Å². The van der Waals surface area contributed by atoms with Gasteiger partial charge in [-0.05, 0) is 42.3 Å². The van der Waals surface area contributed by atoms with Crippen LogP contribution in [0.25, 0.3) is 0 Å². The van der Waals surface area contributed by atoms with Crippen molar-refractivity contribution >= 4 is 10.0 Å². The minimum atomic E-state index is -4.00. The quantitative estimate of drug-likeness (QED) is 0.637. The summed E-state index contributed by atoms with van der Waals surface area (Å²) in [5, 5.41) is 0. The molecule has 0 radical (unpaired) electrons. The Balaban J connectivity index is 2.14. The van der Waals surface area contributed by atoms with Gasteiger partial charge in [-0.1, -0.05) is 48.5 Å². The van der Waals surface area contributed by atoms with Crippen LogP contribution in [0.1, 0.15) is 22.7 Å². The summed E-state index contributed by atoms with van der Waals surface area (Å²) < 4.78 is 55.0. The first kappa shape index (κ1) is 19.2. The van der Waals surface area contributed by atoms with Crippen molar-refractivity contribution in [3.8, 4) is 0 Å². The van der Waals surface area contributed by atoms with Crippen molar-refractivity contribution in [1.29, 1.82) is 0 Å². The first-order chi connectivity index (χ1) is 12.8. The van der Waals surface area contributed by atoms with E-state index in [9.17, 15) is 17.2 Å². The van der Waals surface area contributed by atoms with Gasteiger partial charge in [0.25, 0.3) is 0 Å². The smallest absolute Gasteiger partial charge is 0.207 e. The molecule has 1 unspecified atom stereocenters. The molecular weight excluding hydrogens is 368 g/mol. The Morgan fingerprint density at radius 3 is 2.04 bits per heavy atom. The molecule has 3 rings (SSSR count). The van der Waals surface area contributed by atoms with Crippen LogP contribution in [-0.2, 0) is 10.0 Å². The Bertz CT molecular complexity index is 1040. The SMILES string of the molecule is Cc1c(F)cccc1S(=O)(=O)N(C)C(c1ccccc1)c1ccc(F)cc1. The maximum absolute atomic E-state index is 13.9. The van der Waals surface area contributed by atoms with E-state index in [1.54, 1.807) is 36.4 Å². The highest BCUT2D eigenvalue weighted by Crippen LogP contribution is 2.33. The average molecular weight is 387 g/mol. The molecule has 0 spiro atoms. The lowest BCUT2D eigenvalue weighted by atomic mass is 9.99. The van der Waals surface area contributed by atoms with Crippen LogP contribution in [0.3, 0.4) is 0 Å². The van der Waals surface area contributed by atoms with Gasteiger partial charge in [-0.25, -0.2) is 17.2 Å². The molecule has 3 nitrogen and oxygen atoms in total. The molecule has 0 amide bonds. The molecule has 0 saturated carbocycles. The van der Waals surface area contributed by atoms with E-state index >= 15 is 0 Å². The number of hydrogen-bond acceptors (Lipinski definition) is 2. The minimum absolute atomic E-state index is 0.0651. The lowest BCUT2D eigenvalue weighted by Crippen LogP contribution is -2.32. The van der Waals surface area contributed by atoms with E-state index in [4.69, 9.17) is 0 Å². The molecule has 0 aromatic heterocycles. The van der Waals surface area contributed by atoms with E-state index in [2.05, 4.69) is 0 Å². The van der Waals surface area contributed by atoms with Crippen molar-refractivity contribution in [3.63, 3.8) is 0 Å². The fourth-order valence-electron chi connectivity index (χ4n) is 3.05. The number of sulfonamides is 1. The monoisotopic (exact) mass is 387 g/mol. The molecular formula is C21H19F2NO2S. The maximum atomic E-state index is 13.9. The Hall–Kier alpha value is -2.57. The van der Waals surface area contributed by atoms with Crippen molar-refractivity contribution < 1.29 is 17.2 Å². The summed E-state index contributed by atoms with van der Waals surface area (Å²) in [5.41, 5.74) is 1.40. The third-order valence-corrected chi connectivity index (χ3v) is 6.51. The molecule has 1 atom stereocenters. The van der Waals surface area contributed by atoms with Gasteiger partial charge in [0.05, 0.1) is 10.9 Å². The number of rotatable bonds is 5. The Labute approximate surface area is 157 Å². The molecule has 140 valence electrons. The molecule has 27 heavy (non-hydrogen) atoms. The molecule has 0 heterocycles. The van der Waals surface area contributed by atoms with Crippen molar-refractivity contribution in [2.45, 2.75) is 17.9 Å². The van der Waals surface area contributed by atoms with Crippen LogP contribution < -0.4 is 0 Å². The largest absolute Gasteiger partial charge is 0.244 e. The Morgan fingerprint density at radius 2 is 1.41 bits per heavy atom. The van der Waals surface area contributed by atoms with Crippen molar-refractivity contribution in [3.05, 3.63) is 101 Å². The zero-order chi connectivity index (χ0) is 19.6. The van der Waals surface area contributed by atoms with Crippen molar-refractivity contribution in [1.82, 2.24) is 4.31 Å². The maximum Gasteiger partial charge on any atom is 0.244 e. The standard InChI is InChI=1S/C21H19F2NO2S/c1-15-19(23)9-6-10-20(15)27(25,26)24(2)21(16-7-4-3-5-8-16)17-11-13-18(22)14-12-17/h3-14,21H,1-2H3. The van der Waals surface area contributed by atoms with Crippen LogP contribution in [0.2, 0.25) is 0 Å².